The molecule has 0 radical (unpaired) electrons. The molecule has 0 aliphatic carbocycles. The molecule has 0 heterocycles. The summed E-state index contributed by atoms with van der Waals surface area (Å²) in [4.78, 5) is 23.1. The highest BCUT2D eigenvalue weighted by atomic mass is 31.2. The van der Waals surface area contributed by atoms with Crippen molar-refractivity contribution in [3.63, 3.8) is 0 Å². The average molecular weight is 968 g/mol. The Kier molecular flexibility index (Phi) is 47.1. The van der Waals surface area contributed by atoms with E-state index in [-0.39, 0.29) is 19.1 Å². The zero-order chi connectivity index (χ0) is 49.9. The Bertz CT molecular complexity index is 1470. The van der Waals surface area contributed by atoms with Gasteiger partial charge >= 0.3 is 7.82 Å². The number of aliphatic hydroxyl groups is 1. The van der Waals surface area contributed by atoms with Crippen LogP contribution in [0, 0.1) is 0 Å². The lowest BCUT2D eigenvalue weighted by Crippen LogP contribution is -2.45. The molecule has 0 saturated carbocycles. The Morgan fingerprint density at radius 3 is 1.29 bits per heavy atom. The number of phosphoric ester groups is 1. The van der Waals surface area contributed by atoms with Crippen molar-refractivity contribution in [1.82, 2.24) is 5.32 Å². The lowest BCUT2D eigenvalue weighted by Gasteiger charge is -2.25. The number of nitrogens with zero attached hydrogens (tertiary/aromatic N) is 1. The van der Waals surface area contributed by atoms with E-state index in [1.165, 1.54) is 96.3 Å². The maximum atomic E-state index is 12.9. The number of rotatable bonds is 48. The summed E-state index contributed by atoms with van der Waals surface area (Å²) in [5.41, 5.74) is 0. The lowest BCUT2D eigenvalue weighted by atomic mass is 10.0. The van der Waals surface area contributed by atoms with Gasteiger partial charge in [0.1, 0.15) is 13.2 Å². The molecule has 0 bridgehead atoms. The minimum atomic E-state index is -4.34. The predicted octanol–water partition coefficient (Wildman–Crippen LogP) is 16.4. The van der Waals surface area contributed by atoms with Gasteiger partial charge in [0.25, 0.3) is 0 Å². The van der Waals surface area contributed by atoms with Gasteiger partial charge in [0.2, 0.25) is 5.91 Å². The van der Waals surface area contributed by atoms with Gasteiger partial charge in [-0.1, -0.05) is 226 Å². The number of unbranched alkanes of at least 4 members (excludes halogenated alkanes) is 19. The van der Waals surface area contributed by atoms with E-state index in [0.717, 1.165) is 89.9 Å². The van der Waals surface area contributed by atoms with E-state index in [9.17, 15) is 19.4 Å². The molecule has 68 heavy (non-hydrogen) atoms. The van der Waals surface area contributed by atoms with Crippen molar-refractivity contribution in [2.45, 2.75) is 219 Å². The van der Waals surface area contributed by atoms with Crippen LogP contribution in [0.25, 0.3) is 0 Å². The third-order valence-electron chi connectivity index (χ3n) is 11.5. The molecule has 9 heteroatoms. The normalized spacial score (nSPS) is 14.9. The Morgan fingerprint density at radius 1 is 0.515 bits per heavy atom. The SMILES string of the molecule is CC/C=C\C/C=C\C/C=C\C/C=C\C/C=C\C/C=C\C/C=C\C/C=C\CCCCCCCCCCCCCCCCC(=O)NC(COP(=O)(O)OCC[N+](C)(C)C)C(O)/C=C/CCCCCCC. The summed E-state index contributed by atoms with van der Waals surface area (Å²) in [6.45, 7) is 4.62. The molecule has 3 N–H and O–H groups in total. The third kappa shape index (κ3) is 51.0. The number of hydrogen-bond acceptors (Lipinski definition) is 5. The molecule has 0 spiro atoms. The minimum absolute atomic E-state index is 0.0571. The molecule has 1 amide bonds. The first-order chi connectivity index (χ1) is 33.0. The summed E-state index contributed by atoms with van der Waals surface area (Å²) in [6.07, 6.45) is 72.2. The van der Waals surface area contributed by atoms with Crippen molar-refractivity contribution in [2.24, 2.45) is 0 Å². The largest absolute Gasteiger partial charge is 0.472 e. The number of carbonyl (C=O) groups excluding carboxylic acids is 1. The van der Waals surface area contributed by atoms with Crippen molar-refractivity contribution in [2.75, 3.05) is 40.9 Å². The Hall–Kier alpha value is -2.84. The van der Waals surface area contributed by atoms with Crippen LogP contribution in [0.5, 0.6) is 0 Å². The van der Waals surface area contributed by atoms with Gasteiger partial charge in [-0.15, -0.1) is 0 Å². The number of allylic oxidation sites excluding steroid dienone is 17. The second-order valence-corrected chi connectivity index (χ2v) is 20.7. The van der Waals surface area contributed by atoms with Crippen LogP contribution in [0.15, 0.2) is 109 Å². The standard InChI is InChI=1S/C59H103N2O6P/c1-6-8-10-12-14-15-16-17-18-19-20-21-22-23-24-25-26-27-28-29-30-31-32-33-34-35-36-37-38-39-40-41-42-43-44-45-47-49-51-53-59(63)60-57(58(62)52-50-48-46-13-11-9-7-2)56-67-68(64,65)66-55-54-61(3,4)5/h8,10,14-15,17-18,20-21,23-24,26-27,29-30,32-33,50,52,57-58,62H,6-7,9,11-13,16,19,22,25,28,31,34-49,51,53-56H2,1-5H3,(H-,60,63,64,65)/p+1/b10-8-,15-14-,18-17-,21-20-,24-23-,27-26-,30-29-,33-32-,52-50+. The molecule has 0 aromatic heterocycles. The minimum Gasteiger partial charge on any atom is -0.387 e. The number of nitrogens with one attached hydrogen (secondary N) is 1. The van der Waals surface area contributed by atoms with Gasteiger partial charge in [0.15, 0.2) is 0 Å². The Morgan fingerprint density at radius 2 is 0.882 bits per heavy atom. The quantitative estimate of drug-likeness (QED) is 0.0243. The van der Waals surface area contributed by atoms with Gasteiger partial charge in [0, 0.05) is 6.42 Å². The highest BCUT2D eigenvalue weighted by Crippen LogP contribution is 2.43. The number of phosphoric acid groups is 1. The average Bonchev–Trinajstić information content (AvgIpc) is 3.30. The number of hydrogen-bond donors (Lipinski definition) is 3. The Labute approximate surface area is 419 Å². The summed E-state index contributed by atoms with van der Waals surface area (Å²) in [6, 6.07) is -0.849. The fourth-order valence-electron chi connectivity index (χ4n) is 7.23. The van der Waals surface area contributed by atoms with Crippen molar-refractivity contribution in [3.05, 3.63) is 109 Å². The number of amides is 1. The van der Waals surface area contributed by atoms with Gasteiger partial charge in [0.05, 0.1) is 39.9 Å². The molecule has 0 aliphatic heterocycles. The van der Waals surface area contributed by atoms with E-state index in [4.69, 9.17) is 9.05 Å². The van der Waals surface area contributed by atoms with E-state index in [0.29, 0.717) is 17.4 Å². The van der Waals surface area contributed by atoms with Crippen LogP contribution in [0.2, 0.25) is 0 Å². The monoisotopic (exact) mass is 968 g/mol. The van der Waals surface area contributed by atoms with Gasteiger partial charge < -0.3 is 19.8 Å². The summed E-state index contributed by atoms with van der Waals surface area (Å²) in [7, 11) is 1.56. The molecule has 390 valence electrons. The van der Waals surface area contributed by atoms with Crippen LogP contribution in [0.1, 0.15) is 206 Å². The van der Waals surface area contributed by atoms with Gasteiger partial charge in [-0.2, -0.15) is 0 Å². The number of likely N-dealkylation sites (N-methyl/N-ethyl adjacent to an activating group) is 1. The summed E-state index contributed by atoms with van der Waals surface area (Å²) in [5.74, 6) is -0.187. The van der Waals surface area contributed by atoms with E-state index in [1.54, 1.807) is 6.08 Å². The Balaban J connectivity index is 3.91. The number of aliphatic hydroxyl groups excluding tert-OH is 1. The molecule has 0 aliphatic rings. The highest BCUT2D eigenvalue weighted by molar-refractivity contribution is 7.47. The molecule has 0 aromatic rings. The van der Waals surface area contributed by atoms with E-state index < -0.39 is 20.0 Å². The lowest BCUT2D eigenvalue weighted by molar-refractivity contribution is -0.870. The smallest absolute Gasteiger partial charge is 0.387 e. The van der Waals surface area contributed by atoms with Crippen molar-refractivity contribution >= 4 is 13.7 Å². The van der Waals surface area contributed by atoms with E-state index in [1.807, 2.05) is 27.2 Å². The second-order valence-electron chi connectivity index (χ2n) is 19.2. The third-order valence-corrected chi connectivity index (χ3v) is 12.5. The van der Waals surface area contributed by atoms with Gasteiger partial charge in [-0.25, -0.2) is 4.57 Å². The topological polar surface area (TPSA) is 105 Å². The van der Waals surface area contributed by atoms with E-state index >= 15 is 0 Å². The molecule has 0 rings (SSSR count). The summed E-state index contributed by atoms with van der Waals surface area (Å²) >= 11 is 0. The first kappa shape index (κ1) is 65.2. The predicted molar refractivity (Wildman–Crippen MR) is 295 cm³/mol. The fraction of sp³-hybridized carbons (Fsp3) is 0.678. The first-order valence-electron chi connectivity index (χ1n) is 27.3. The van der Waals surface area contributed by atoms with Crippen molar-refractivity contribution in [1.29, 1.82) is 0 Å². The van der Waals surface area contributed by atoms with Crippen LogP contribution in [0.3, 0.4) is 0 Å². The highest BCUT2D eigenvalue weighted by Gasteiger charge is 2.27. The van der Waals surface area contributed by atoms with Crippen LogP contribution >= 0.6 is 7.82 Å². The first-order valence-corrected chi connectivity index (χ1v) is 28.8. The zero-order valence-electron chi connectivity index (χ0n) is 44.3. The number of carbonyl (C=O) groups is 1. The molecule has 3 atom stereocenters. The maximum Gasteiger partial charge on any atom is 0.472 e. The second kappa shape index (κ2) is 49.2. The van der Waals surface area contributed by atoms with Gasteiger partial charge in [-0.05, 0) is 83.5 Å². The van der Waals surface area contributed by atoms with E-state index in [2.05, 4.69) is 116 Å². The van der Waals surface area contributed by atoms with Crippen LogP contribution in [-0.2, 0) is 18.4 Å². The molecule has 0 fully saturated rings. The van der Waals surface area contributed by atoms with Crippen LogP contribution in [-0.4, -0.2) is 73.4 Å². The molecular weight excluding hydrogens is 864 g/mol. The fourth-order valence-corrected chi connectivity index (χ4v) is 7.97. The van der Waals surface area contributed by atoms with Crippen LogP contribution < -0.4 is 5.32 Å². The molecule has 8 nitrogen and oxygen atoms in total. The summed E-state index contributed by atoms with van der Waals surface area (Å²) in [5, 5.41) is 13.7. The maximum absolute atomic E-state index is 12.9. The van der Waals surface area contributed by atoms with Crippen LogP contribution in [0.4, 0.5) is 0 Å². The zero-order valence-corrected chi connectivity index (χ0v) is 45.2. The molecule has 3 unspecified atom stereocenters. The number of quaternary nitrogens is 1. The molecular formula is C59H104N2O6P+. The molecule has 0 aromatic carbocycles. The van der Waals surface area contributed by atoms with Crippen molar-refractivity contribution in [3.8, 4) is 0 Å². The van der Waals surface area contributed by atoms with Gasteiger partial charge in [-0.3, -0.25) is 13.8 Å². The molecule has 0 saturated heterocycles. The van der Waals surface area contributed by atoms with Crippen molar-refractivity contribution < 1.29 is 32.9 Å². The summed E-state index contributed by atoms with van der Waals surface area (Å²) < 4.78 is 23.5.